The van der Waals surface area contributed by atoms with Crippen molar-refractivity contribution in [1.82, 2.24) is 9.97 Å². The monoisotopic (exact) mass is 286 g/mol. The lowest BCUT2D eigenvalue weighted by Gasteiger charge is -2.09. The van der Waals surface area contributed by atoms with Crippen LogP contribution in [0, 0.1) is 0 Å². The summed E-state index contributed by atoms with van der Waals surface area (Å²) >= 11 is 1.59. The molecular formula is C14H14N4OS. The van der Waals surface area contributed by atoms with Crippen LogP contribution in [0.25, 0.3) is 10.2 Å². The Kier molecular flexibility index (Phi) is 3.39. The Hall–Kier alpha value is -2.34. The number of hydrogen-bond donors (Lipinski definition) is 2. The van der Waals surface area contributed by atoms with Gasteiger partial charge in [-0.2, -0.15) is 0 Å². The van der Waals surface area contributed by atoms with Crippen molar-refractivity contribution in [3.8, 4) is 5.88 Å². The molecule has 3 aromatic rings. The standard InChI is InChI=1S/C14H14N4OS/c1-19-12-5-2-9(7-17-12)6-16-10-3-4-11-14(13(10)15)18-8-20-11/h2-5,7-8,16H,6,15H2,1H3. The van der Waals surface area contributed by atoms with Gasteiger partial charge >= 0.3 is 0 Å². The maximum atomic E-state index is 6.12. The van der Waals surface area contributed by atoms with Gasteiger partial charge in [0.05, 0.1) is 28.7 Å². The average Bonchev–Trinajstić information content (AvgIpc) is 2.96. The third kappa shape index (κ3) is 2.37. The van der Waals surface area contributed by atoms with Crippen LogP contribution in [0.5, 0.6) is 5.88 Å². The van der Waals surface area contributed by atoms with Gasteiger partial charge in [0, 0.05) is 18.8 Å². The van der Waals surface area contributed by atoms with Crippen molar-refractivity contribution in [2.24, 2.45) is 0 Å². The van der Waals surface area contributed by atoms with E-state index in [1.165, 1.54) is 0 Å². The first kappa shape index (κ1) is 12.7. The van der Waals surface area contributed by atoms with Crippen LogP contribution < -0.4 is 15.8 Å². The molecular weight excluding hydrogens is 272 g/mol. The second kappa shape index (κ2) is 5.34. The minimum absolute atomic E-state index is 0.608. The zero-order valence-corrected chi connectivity index (χ0v) is 11.8. The van der Waals surface area contributed by atoms with Gasteiger partial charge in [0.25, 0.3) is 0 Å². The lowest BCUT2D eigenvalue weighted by atomic mass is 10.2. The highest BCUT2D eigenvalue weighted by Gasteiger charge is 2.06. The van der Waals surface area contributed by atoms with E-state index in [4.69, 9.17) is 10.5 Å². The normalized spacial score (nSPS) is 10.7. The minimum atomic E-state index is 0.608. The zero-order valence-electron chi connectivity index (χ0n) is 11.0. The number of aromatic nitrogens is 2. The summed E-state index contributed by atoms with van der Waals surface area (Å²) in [6.07, 6.45) is 1.78. The lowest BCUT2D eigenvalue weighted by molar-refractivity contribution is 0.397. The summed E-state index contributed by atoms with van der Waals surface area (Å²) in [5.74, 6) is 0.608. The first-order valence-electron chi connectivity index (χ1n) is 6.12. The number of fused-ring (bicyclic) bond motifs is 1. The third-order valence-corrected chi connectivity index (χ3v) is 3.83. The van der Waals surface area contributed by atoms with Crippen LogP contribution in [0.2, 0.25) is 0 Å². The van der Waals surface area contributed by atoms with Gasteiger partial charge in [-0.25, -0.2) is 9.97 Å². The van der Waals surface area contributed by atoms with E-state index in [2.05, 4.69) is 15.3 Å². The molecule has 0 saturated carbocycles. The summed E-state index contributed by atoms with van der Waals surface area (Å²) in [5, 5.41) is 3.31. The fourth-order valence-corrected chi connectivity index (χ4v) is 2.63. The molecule has 6 heteroatoms. The van der Waals surface area contributed by atoms with Gasteiger partial charge in [0.15, 0.2) is 0 Å². The molecule has 0 spiro atoms. The summed E-state index contributed by atoms with van der Waals surface area (Å²) in [4.78, 5) is 8.45. The van der Waals surface area contributed by atoms with Crippen molar-refractivity contribution in [3.05, 3.63) is 41.5 Å². The summed E-state index contributed by atoms with van der Waals surface area (Å²) in [6.45, 7) is 0.650. The molecule has 3 N–H and O–H groups in total. The lowest BCUT2D eigenvalue weighted by Crippen LogP contribution is -2.03. The van der Waals surface area contributed by atoms with E-state index >= 15 is 0 Å². The molecule has 0 radical (unpaired) electrons. The largest absolute Gasteiger partial charge is 0.481 e. The Morgan fingerprint density at radius 2 is 2.15 bits per heavy atom. The molecule has 0 saturated heterocycles. The Labute approximate surface area is 120 Å². The van der Waals surface area contributed by atoms with Crippen LogP contribution >= 0.6 is 11.3 Å². The summed E-state index contributed by atoms with van der Waals surface area (Å²) in [7, 11) is 1.60. The highest BCUT2D eigenvalue weighted by molar-refractivity contribution is 7.16. The van der Waals surface area contributed by atoms with Crippen molar-refractivity contribution in [2.75, 3.05) is 18.2 Å². The number of nitrogens with zero attached hydrogens (tertiary/aromatic N) is 2. The Balaban J connectivity index is 1.77. The van der Waals surface area contributed by atoms with E-state index in [0.29, 0.717) is 18.1 Å². The zero-order chi connectivity index (χ0) is 13.9. The Morgan fingerprint density at radius 3 is 2.90 bits per heavy atom. The van der Waals surface area contributed by atoms with Gasteiger partial charge in [0.1, 0.15) is 5.52 Å². The summed E-state index contributed by atoms with van der Waals surface area (Å²) < 4.78 is 6.13. The maximum Gasteiger partial charge on any atom is 0.212 e. The topological polar surface area (TPSA) is 73.1 Å². The predicted molar refractivity (Wildman–Crippen MR) is 82.1 cm³/mol. The van der Waals surface area contributed by atoms with Crippen LogP contribution in [0.4, 0.5) is 11.4 Å². The molecule has 0 aliphatic heterocycles. The van der Waals surface area contributed by atoms with Gasteiger partial charge in [-0.15, -0.1) is 11.3 Å². The molecule has 0 aliphatic carbocycles. The van der Waals surface area contributed by atoms with E-state index in [1.807, 2.05) is 24.3 Å². The molecule has 0 aliphatic rings. The molecule has 2 heterocycles. The fraction of sp³-hybridized carbons (Fsp3) is 0.143. The van der Waals surface area contributed by atoms with E-state index in [1.54, 1.807) is 30.2 Å². The van der Waals surface area contributed by atoms with E-state index in [-0.39, 0.29) is 0 Å². The number of pyridine rings is 1. The summed E-state index contributed by atoms with van der Waals surface area (Å²) in [6, 6.07) is 7.81. The summed E-state index contributed by atoms with van der Waals surface area (Å²) in [5.41, 5.74) is 11.4. The number of thiazole rings is 1. The van der Waals surface area contributed by atoms with Crippen LogP contribution in [0.15, 0.2) is 36.0 Å². The average molecular weight is 286 g/mol. The molecule has 0 bridgehead atoms. The van der Waals surface area contributed by atoms with Crippen molar-refractivity contribution >= 4 is 32.9 Å². The number of methoxy groups -OCH3 is 1. The van der Waals surface area contributed by atoms with Crippen LogP contribution in [0.3, 0.4) is 0 Å². The number of nitrogens with two attached hydrogens (primary N) is 1. The van der Waals surface area contributed by atoms with Gasteiger partial charge in [-0.3, -0.25) is 0 Å². The van der Waals surface area contributed by atoms with Crippen molar-refractivity contribution in [1.29, 1.82) is 0 Å². The first-order valence-corrected chi connectivity index (χ1v) is 7.00. The Bertz CT molecular complexity index is 724. The van der Waals surface area contributed by atoms with Crippen LogP contribution in [-0.4, -0.2) is 17.1 Å². The number of anilines is 2. The highest BCUT2D eigenvalue weighted by atomic mass is 32.1. The molecule has 0 fully saturated rings. The molecule has 3 rings (SSSR count). The first-order chi connectivity index (χ1) is 9.78. The Morgan fingerprint density at radius 1 is 1.25 bits per heavy atom. The minimum Gasteiger partial charge on any atom is -0.481 e. The van der Waals surface area contributed by atoms with Crippen molar-refractivity contribution in [2.45, 2.75) is 6.54 Å². The van der Waals surface area contributed by atoms with Crippen molar-refractivity contribution < 1.29 is 4.74 Å². The number of rotatable bonds is 4. The smallest absolute Gasteiger partial charge is 0.212 e. The molecule has 0 unspecified atom stereocenters. The number of nitrogen functional groups attached to an aromatic ring is 1. The highest BCUT2D eigenvalue weighted by Crippen LogP contribution is 2.30. The number of nitrogens with one attached hydrogen (secondary N) is 1. The van der Waals surface area contributed by atoms with Crippen molar-refractivity contribution in [3.63, 3.8) is 0 Å². The molecule has 1 aromatic carbocycles. The van der Waals surface area contributed by atoms with Gasteiger partial charge in [0.2, 0.25) is 5.88 Å². The number of hydrogen-bond acceptors (Lipinski definition) is 6. The number of ether oxygens (including phenoxy) is 1. The molecule has 2 aromatic heterocycles. The molecule has 20 heavy (non-hydrogen) atoms. The second-order valence-corrected chi connectivity index (χ2v) is 5.17. The maximum absolute atomic E-state index is 6.12. The van der Waals surface area contributed by atoms with Crippen LogP contribution in [-0.2, 0) is 6.54 Å². The number of benzene rings is 1. The second-order valence-electron chi connectivity index (χ2n) is 4.29. The predicted octanol–water partition coefficient (Wildman–Crippen LogP) is 2.89. The van der Waals surface area contributed by atoms with E-state index < -0.39 is 0 Å². The molecule has 102 valence electrons. The van der Waals surface area contributed by atoms with E-state index in [9.17, 15) is 0 Å². The van der Waals surface area contributed by atoms with Gasteiger partial charge in [-0.05, 0) is 17.7 Å². The van der Waals surface area contributed by atoms with E-state index in [0.717, 1.165) is 21.5 Å². The van der Waals surface area contributed by atoms with Gasteiger partial charge in [-0.1, -0.05) is 6.07 Å². The van der Waals surface area contributed by atoms with Gasteiger partial charge < -0.3 is 15.8 Å². The van der Waals surface area contributed by atoms with Crippen LogP contribution in [0.1, 0.15) is 5.56 Å². The molecule has 5 nitrogen and oxygen atoms in total. The fourth-order valence-electron chi connectivity index (χ4n) is 1.94. The molecule has 0 atom stereocenters. The SMILES string of the molecule is COc1ccc(CNc2ccc3scnc3c2N)cn1. The third-order valence-electron chi connectivity index (χ3n) is 3.03. The molecule has 0 amide bonds. The quantitative estimate of drug-likeness (QED) is 0.721.